The molecule has 2 amide bonds. The van der Waals surface area contributed by atoms with Crippen LogP contribution in [-0.2, 0) is 22.4 Å². The monoisotopic (exact) mass is 432 g/mol. The van der Waals surface area contributed by atoms with Gasteiger partial charge in [0.05, 0.1) is 0 Å². The van der Waals surface area contributed by atoms with E-state index in [9.17, 15) is 24.6 Å². The van der Waals surface area contributed by atoms with Gasteiger partial charge in [0.1, 0.15) is 17.8 Å². The number of amides is 2. The maximum absolute atomic E-state index is 13.0. The molecule has 2 atom stereocenters. The molecule has 0 bridgehead atoms. The van der Waals surface area contributed by atoms with Crippen LogP contribution in [-0.4, -0.2) is 40.1 Å². The van der Waals surface area contributed by atoms with Crippen molar-refractivity contribution >= 4 is 17.8 Å². The van der Waals surface area contributed by atoms with Gasteiger partial charge < -0.3 is 20.8 Å². The molecule has 3 rings (SSSR count). The highest BCUT2D eigenvalue weighted by molar-refractivity contribution is 5.98. The zero-order chi connectivity index (χ0) is 22.9. The van der Waals surface area contributed by atoms with Crippen molar-refractivity contribution in [2.24, 2.45) is 0 Å². The van der Waals surface area contributed by atoms with Crippen molar-refractivity contribution in [2.75, 3.05) is 0 Å². The predicted molar refractivity (Wildman–Crippen MR) is 119 cm³/mol. The topological polar surface area (TPSA) is 116 Å². The molecule has 0 aliphatic carbocycles. The first kappa shape index (κ1) is 22.6. The molecule has 0 radical (unpaired) electrons. The van der Waals surface area contributed by atoms with Crippen LogP contribution in [0.5, 0.6) is 5.75 Å². The van der Waals surface area contributed by atoms with E-state index in [-0.39, 0.29) is 18.6 Å². The Morgan fingerprint density at radius 3 is 1.81 bits per heavy atom. The van der Waals surface area contributed by atoms with Crippen LogP contribution in [0, 0.1) is 0 Å². The lowest BCUT2D eigenvalue weighted by atomic mass is 10.0. The van der Waals surface area contributed by atoms with Crippen molar-refractivity contribution in [1.82, 2.24) is 10.6 Å². The molecule has 0 spiro atoms. The summed E-state index contributed by atoms with van der Waals surface area (Å²) in [4.78, 5) is 37.5. The molecule has 0 heterocycles. The molecule has 0 fully saturated rings. The molecule has 0 aromatic heterocycles. The number of carboxylic acid groups (broad SMARTS) is 1. The van der Waals surface area contributed by atoms with Gasteiger partial charge in [-0.2, -0.15) is 0 Å². The van der Waals surface area contributed by atoms with E-state index in [1.165, 1.54) is 12.1 Å². The first-order valence-electron chi connectivity index (χ1n) is 10.1. The van der Waals surface area contributed by atoms with E-state index in [1.54, 1.807) is 42.5 Å². The van der Waals surface area contributed by atoms with Crippen molar-refractivity contribution in [2.45, 2.75) is 24.9 Å². The van der Waals surface area contributed by atoms with Gasteiger partial charge in [-0.05, 0) is 35.4 Å². The Kier molecular flexibility index (Phi) is 7.59. The van der Waals surface area contributed by atoms with E-state index in [0.29, 0.717) is 11.1 Å². The third-order valence-corrected chi connectivity index (χ3v) is 4.93. The van der Waals surface area contributed by atoms with E-state index < -0.39 is 29.9 Å². The van der Waals surface area contributed by atoms with Crippen LogP contribution < -0.4 is 10.6 Å². The van der Waals surface area contributed by atoms with Gasteiger partial charge in [-0.15, -0.1) is 0 Å². The Morgan fingerprint density at radius 1 is 0.688 bits per heavy atom. The van der Waals surface area contributed by atoms with Gasteiger partial charge in [0.25, 0.3) is 5.91 Å². The van der Waals surface area contributed by atoms with Gasteiger partial charge in [-0.1, -0.05) is 60.7 Å². The normalized spacial score (nSPS) is 12.4. The summed E-state index contributed by atoms with van der Waals surface area (Å²) in [6.45, 7) is 0. The van der Waals surface area contributed by atoms with Gasteiger partial charge >= 0.3 is 5.97 Å². The number of nitrogens with one attached hydrogen (secondary N) is 2. The van der Waals surface area contributed by atoms with E-state index in [2.05, 4.69) is 10.6 Å². The van der Waals surface area contributed by atoms with Crippen LogP contribution in [0.2, 0.25) is 0 Å². The van der Waals surface area contributed by atoms with Crippen LogP contribution >= 0.6 is 0 Å². The van der Waals surface area contributed by atoms with Crippen LogP contribution in [0.1, 0.15) is 21.5 Å². The van der Waals surface area contributed by atoms with Gasteiger partial charge in [0.15, 0.2) is 0 Å². The minimum atomic E-state index is -1.20. The Labute approximate surface area is 185 Å². The van der Waals surface area contributed by atoms with Crippen molar-refractivity contribution < 1.29 is 24.6 Å². The highest BCUT2D eigenvalue weighted by atomic mass is 16.4. The lowest BCUT2D eigenvalue weighted by molar-refractivity contribution is -0.142. The minimum Gasteiger partial charge on any atom is -0.508 e. The van der Waals surface area contributed by atoms with Gasteiger partial charge in [-0.3, -0.25) is 9.59 Å². The number of aromatic hydroxyl groups is 1. The molecule has 32 heavy (non-hydrogen) atoms. The van der Waals surface area contributed by atoms with Crippen molar-refractivity contribution in [1.29, 1.82) is 0 Å². The fraction of sp³-hybridized carbons (Fsp3) is 0.160. The molecular weight excluding hydrogens is 408 g/mol. The summed E-state index contributed by atoms with van der Waals surface area (Å²) >= 11 is 0. The van der Waals surface area contributed by atoms with E-state index in [1.807, 2.05) is 30.3 Å². The van der Waals surface area contributed by atoms with Gasteiger partial charge in [-0.25, -0.2) is 4.79 Å². The Morgan fingerprint density at radius 2 is 1.22 bits per heavy atom. The second-order valence-electron chi connectivity index (χ2n) is 7.35. The summed E-state index contributed by atoms with van der Waals surface area (Å²) in [6.07, 6.45) is 0.239. The maximum Gasteiger partial charge on any atom is 0.326 e. The van der Waals surface area contributed by atoms with Crippen LogP contribution in [0.3, 0.4) is 0 Å². The summed E-state index contributed by atoms with van der Waals surface area (Å²) in [7, 11) is 0. The summed E-state index contributed by atoms with van der Waals surface area (Å²) < 4.78 is 0. The zero-order valence-corrected chi connectivity index (χ0v) is 17.3. The second-order valence-corrected chi connectivity index (χ2v) is 7.35. The molecular formula is C25H24N2O5. The van der Waals surface area contributed by atoms with Crippen LogP contribution in [0.25, 0.3) is 0 Å². The largest absolute Gasteiger partial charge is 0.508 e. The Hall–Kier alpha value is -4.13. The maximum atomic E-state index is 13.0. The molecule has 7 heteroatoms. The van der Waals surface area contributed by atoms with Crippen molar-refractivity contribution in [3.05, 3.63) is 102 Å². The molecule has 0 aliphatic heterocycles. The van der Waals surface area contributed by atoms with Crippen LogP contribution in [0.15, 0.2) is 84.9 Å². The predicted octanol–water partition coefficient (Wildman–Crippen LogP) is 2.55. The summed E-state index contributed by atoms with van der Waals surface area (Å²) in [5.41, 5.74) is 1.87. The Balaban J connectivity index is 1.76. The molecule has 2 unspecified atom stereocenters. The first-order valence-corrected chi connectivity index (χ1v) is 10.1. The highest BCUT2D eigenvalue weighted by Gasteiger charge is 2.27. The minimum absolute atomic E-state index is 0.0338. The molecule has 7 nitrogen and oxygen atoms in total. The highest BCUT2D eigenvalue weighted by Crippen LogP contribution is 2.12. The number of benzene rings is 3. The number of carbonyl (C=O) groups is 3. The number of phenols is 1. The third kappa shape index (κ3) is 6.43. The quantitative estimate of drug-likeness (QED) is 0.415. The Bertz CT molecular complexity index is 1050. The summed E-state index contributed by atoms with van der Waals surface area (Å²) in [5.74, 6) is -2.15. The lowest BCUT2D eigenvalue weighted by Gasteiger charge is -2.22. The number of hydrogen-bond acceptors (Lipinski definition) is 4. The van der Waals surface area contributed by atoms with E-state index in [0.717, 1.165) is 5.56 Å². The molecule has 3 aromatic carbocycles. The van der Waals surface area contributed by atoms with Crippen LogP contribution in [0.4, 0.5) is 0 Å². The number of hydrogen-bond donors (Lipinski definition) is 4. The number of carboxylic acids is 1. The average molecular weight is 432 g/mol. The number of rotatable bonds is 9. The number of phenolic OH excluding ortho intramolecular Hbond substituents is 1. The summed E-state index contributed by atoms with van der Waals surface area (Å²) in [5, 5.41) is 24.3. The van der Waals surface area contributed by atoms with Crippen molar-refractivity contribution in [3.63, 3.8) is 0 Å². The SMILES string of the molecule is O=C(NC(Cc1ccccc1)C(=O)NC(Cc1ccc(O)cc1)C(=O)O)c1ccccc1. The standard InChI is InChI=1S/C25H24N2O5/c28-20-13-11-18(12-14-20)16-22(25(31)32)27-24(30)21(15-17-7-3-1-4-8-17)26-23(29)19-9-5-2-6-10-19/h1-14,21-22,28H,15-16H2,(H,26,29)(H,27,30)(H,31,32). The average Bonchev–Trinajstić information content (AvgIpc) is 2.80. The van der Waals surface area contributed by atoms with Gasteiger partial charge in [0, 0.05) is 18.4 Å². The molecule has 0 aliphatic rings. The fourth-order valence-electron chi connectivity index (χ4n) is 3.23. The lowest BCUT2D eigenvalue weighted by Crippen LogP contribution is -2.53. The van der Waals surface area contributed by atoms with Gasteiger partial charge in [0.2, 0.25) is 5.91 Å². The molecule has 3 aromatic rings. The van der Waals surface area contributed by atoms with E-state index >= 15 is 0 Å². The molecule has 0 saturated heterocycles. The number of carbonyl (C=O) groups excluding carboxylic acids is 2. The van der Waals surface area contributed by atoms with Crippen molar-refractivity contribution in [3.8, 4) is 5.75 Å². The third-order valence-electron chi connectivity index (χ3n) is 4.93. The number of aliphatic carboxylic acids is 1. The molecule has 0 saturated carbocycles. The first-order chi connectivity index (χ1) is 15.4. The van der Waals surface area contributed by atoms with E-state index in [4.69, 9.17) is 0 Å². The smallest absolute Gasteiger partial charge is 0.326 e. The fourth-order valence-corrected chi connectivity index (χ4v) is 3.23. The second kappa shape index (κ2) is 10.8. The zero-order valence-electron chi connectivity index (χ0n) is 17.3. The summed E-state index contributed by atoms with van der Waals surface area (Å²) in [6, 6.07) is 21.6. The molecule has 4 N–H and O–H groups in total. The molecule has 164 valence electrons.